The Hall–Kier alpha value is -1.30. The molecule has 0 aliphatic heterocycles. The van der Waals surface area contributed by atoms with E-state index in [1.54, 1.807) is 13.0 Å². The topological polar surface area (TPSA) is 32.3 Å². The lowest BCUT2D eigenvalue weighted by Gasteiger charge is -2.17. The van der Waals surface area contributed by atoms with Crippen LogP contribution in [0.4, 0.5) is 0 Å². The van der Waals surface area contributed by atoms with Gasteiger partial charge in [0, 0.05) is 0 Å². The highest BCUT2D eigenvalue weighted by Gasteiger charge is 2.13. The van der Waals surface area contributed by atoms with Crippen molar-refractivity contribution in [2.75, 3.05) is 6.54 Å². The van der Waals surface area contributed by atoms with Crippen molar-refractivity contribution in [2.45, 2.75) is 25.5 Å². The van der Waals surface area contributed by atoms with Gasteiger partial charge in [0.15, 0.2) is 5.72 Å². The molecular formula is C13H19NO. The highest BCUT2D eigenvalue weighted by atomic mass is 16.3. The van der Waals surface area contributed by atoms with Gasteiger partial charge in [-0.05, 0) is 26.3 Å². The van der Waals surface area contributed by atoms with Crippen LogP contribution in [0.15, 0.2) is 37.0 Å². The first-order valence-electron chi connectivity index (χ1n) is 5.02. The Balaban J connectivity index is 3.48. The van der Waals surface area contributed by atoms with Crippen molar-refractivity contribution in [3.8, 4) is 12.3 Å². The van der Waals surface area contributed by atoms with Crippen LogP contribution in [0.3, 0.4) is 0 Å². The van der Waals surface area contributed by atoms with Crippen LogP contribution in [-0.2, 0) is 0 Å². The van der Waals surface area contributed by atoms with Crippen LogP contribution in [0.1, 0.15) is 19.8 Å². The van der Waals surface area contributed by atoms with Crippen LogP contribution in [0.2, 0.25) is 0 Å². The largest absolute Gasteiger partial charge is 0.365 e. The molecule has 0 heterocycles. The molecule has 0 saturated carbocycles. The molecule has 0 fully saturated rings. The van der Waals surface area contributed by atoms with Crippen LogP contribution in [0.5, 0.6) is 0 Å². The summed E-state index contributed by atoms with van der Waals surface area (Å²) in [6.45, 7) is 5.83. The van der Waals surface area contributed by atoms with Gasteiger partial charge in [-0.2, -0.15) is 0 Å². The summed E-state index contributed by atoms with van der Waals surface area (Å²) >= 11 is 0. The maximum absolute atomic E-state index is 9.41. The van der Waals surface area contributed by atoms with Gasteiger partial charge in [0.25, 0.3) is 0 Å². The van der Waals surface area contributed by atoms with Crippen molar-refractivity contribution in [1.82, 2.24) is 5.32 Å². The first-order chi connectivity index (χ1) is 7.12. The van der Waals surface area contributed by atoms with E-state index in [4.69, 9.17) is 6.42 Å². The maximum atomic E-state index is 9.41. The molecule has 82 valence electrons. The molecule has 2 N–H and O–H groups in total. The van der Waals surface area contributed by atoms with Crippen LogP contribution < -0.4 is 5.32 Å². The molecule has 1 unspecified atom stereocenters. The summed E-state index contributed by atoms with van der Waals surface area (Å²) in [5.41, 5.74) is -1.19. The molecule has 0 saturated heterocycles. The Morgan fingerprint density at radius 3 is 2.80 bits per heavy atom. The number of rotatable bonds is 7. The molecule has 0 aromatic carbocycles. The van der Waals surface area contributed by atoms with Gasteiger partial charge < -0.3 is 5.11 Å². The van der Waals surface area contributed by atoms with Crippen LogP contribution in [0.25, 0.3) is 0 Å². The number of allylic oxidation sites excluding steroid dienone is 5. The molecule has 1 atom stereocenters. The average Bonchev–Trinajstić information content (AvgIpc) is 2.22. The standard InChI is InChI=1S/C13H19NO/c1-4-6-7-8-9-10-11-12-14-13(3,15)5-2/h2,4,6-9,14-15H,1,10-12H2,3H3/b7-6-,9-8-. The van der Waals surface area contributed by atoms with Crippen molar-refractivity contribution in [2.24, 2.45) is 0 Å². The summed E-state index contributed by atoms with van der Waals surface area (Å²) < 4.78 is 0. The zero-order chi connectivity index (χ0) is 11.6. The fraction of sp³-hybridized carbons (Fsp3) is 0.385. The van der Waals surface area contributed by atoms with Gasteiger partial charge in [-0.1, -0.05) is 42.9 Å². The summed E-state index contributed by atoms with van der Waals surface area (Å²) in [6.07, 6.45) is 16.6. The lowest BCUT2D eigenvalue weighted by Crippen LogP contribution is -2.40. The second-order valence-electron chi connectivity index (χ2n) is 3.33. The van der Waals surface area contributed by atoms with Gasteiger partial charge in [0.1, 0.15) is 0 Å². The molecule has 15 heavy (non-hydrogen) atoms. The van der Waals surface area contributed by atoms with Gasteiger partial charge in [-0.3, -0.25) is 5.32 Å². The van der Waals surface area contributed by atoms with Crippen LogP contribution in [-0.4, -0.2) is 17.4 Å². The van der Waals surface area contributed by atoms with E-state index < -0.39 is 5.72 Å². The van der Waals surface area contributed by atoms with Crippen molar-refractivity contribution >= 4 is 0 Å². The summed E-state index contributed by atoms with van der Waals surface area (Å²) in [5, 5.41) is 12.3. The average molecular weight is 205 g/mol. The number of hydrogen-bond acceptors (Lipinski definition) is 2. The van der Waals surface area contributed by atoms with Gasteiger partial charge >= 0.3 is 0 Å². The third-order valence-corrected chi connectivity index (χ3v) is 1.79. The fourth-order valence-corrected chi connectivity index (χ4v) is 0.920. The monoisotopic (exact) mass is 205 g/mol. The number of terminal acetylenes is 1. The minimum atomic E-state index is -1.19. The van der Waals surface area contributed by atoms with E-state index in [9.17, 15) is 5.11 Å². The smallest absolute Gasteiger partial charge is 0.176 e. The van der Waals surface area contributed by atoms with Crippen molar-refractivity contribution in [1.29, 1.82) is 0 Å². The number of unbranched alkanes of at least 4 members (excludes halogenated alkanes) is 1. The second-order valence-corrected chi connectivity index (χ2v) is 3.33. The molecule has 0 aromatic rings. The lowest BCUT2D eigenvalue weighted by molar-refractivity contribution is 0.0845. The minimum absolute atomic E-state index is 0.701. The Morgan fingerprint density at radius 2 is 2.20 bits per heavy atom. The van der Waals surface area contributed by atoms with Crippen LogP contribution >= 0.6 is 0 Å². The zero-order valence-corrected chi connectivity index (χ0v) is 9.24. The number of hydrogen-bond donors (Lipinski definition) is 2. The molecule has 0 spiro atoms. The van der Waals surface area contributed by atoms with Crippen LogP contribution in [0, 0.1) is 12.3 Å². The van der Waals surface area contributed by atoms with Crippen molar-refractivity contribution in [3.63, 3.8) is 0 Å². The quantitative estimate of drug-likeness (QED) is 0.288. The third kappa shape index (κ3) is 9.01. The highest BCUT2D eigenvalue weighted by molar-refractivity contribution is 5.08. The van der Waals surface area contributed by atoms with E-state index in [1.807, 2.05) is 18.2 Å². The van der Waals surface area contributed by atoms with Gasteiger partial charge in [-0.15, -0.1) is 6.42 Å². The number of aliphatic hydroxyl groups is 1. The normalized spacial score (nSPS) is 15.3. The van der Waals surface area contributed by atoms with Gasteiger partial charge in [0.2, 0.25) is 0 Å². The Labute approximate surface area is 92.4 Å². The first kappa shape index (κ1) is 13.7. The summed E-state index contributed by atoms with van der Waals surface area (Å²) in [5.74, 6) is 2.26. The third-order valence-electron chi connectivity index (χ3n) is 1.79. The summed E-state index contributed by atoms with van der Waals surface area (Å²) in [4.78, 5) is 0. The van der Waals surface area contributed by atoms with E-state index in [-0.39, 0.29) is 0 Å². The van der Waals surface area contributed by atoms with Gasteiger partial charge in [0.05, 0.1) is 0 Å². The predicted octanol–water partition coefficient (Wildman–Crippen LogP) is 2.00. The minimum Gasteiger partial charge on any atom is -0.365 e. The molecule has 0 amide bonds. The molecular weight excluding hydrogens is 186 g/mol. The van der Waals surface area contributed by atoms with E-state index >= 15 is 0 Å². The molecule has 0 radical (unpaired) electrons. The second kappa shape index (κ2) is 8.05. The molecule has 2 nitrogen and oxygen atoms in total. The molecule has 2 heteroatoms. The molecule has 0 aliphatic carbocycles. The highest BCUT2D eigenvalue weighted by Crippen LogP contribution is 1.96. The van der Waals surface area contributed by atoms with E-state index in [1.165, 1.54) is 0 Å². The van der Waals surface area contributed by atoms with Gasteiger partial charge in [-0.25, -0.2) is 0 Å². The Morgan fingerprint density at radius 1 is 1.47 bits per heavy atom. The lowest BCUT2D eigenvalue weighted by atomic mass is 10.2. The van der Waals surface area contributed by atoms with E-state index in [2.05, 4.69) is 23.9 Å². The van der Waals surface area contributed by atoms with E-state index in [0.29, 0.717) is 6.54 Å². The summed E-state index contributed by atoms with van der Waals surface area (Å²) in [7, 11) is 0. The molecule has 0 bridgehead atoms. The van der Waals surface area contributed by atoms with Crippen molar-refractivity contribution in [3.05, 3.63) is 37.0 Å². The fourth-order valence-electron chi connectivity index (χ4n) is 0.920. The molecule has 0 rings (SSSR count). The molecule has 0 aliphatic rings. The van der Waals surface area contributed by atoms with Crippen molar-refractivity contribution < 1.29 is 5.11 Å². The first-order valence-corrected chi connectivity index (χ1v) is 5.02. The maximum Gasteiger partial charge on any atom is 0.176 e. The zero-order valence-electron chi connectivity index (χ0n) is 9.24. The SMILES string of the molecule is C#CC(C)(O)NCCC/C=C\C=C/C=C. The molecule has 0 aromatic heterocycles. The Bertz CT molecular complexity index is 269. The summed E-state index contributed by atoms with van der Waals surface area (Å²) in [6, 6.07) is 0. The predicted molar refractivity (Wildman–Crippen MR) is 65.2 cm³/mol. The number of nitrogens with one attached hydrogen (secondary N) is 1. The van der Waals surface area contributed by atoms with E-state index in [0.717, 1.165) is 12.8 Å². The Kier molecular flexibility index (Phi) is 7.35.